The lowest BCUT2D eigenvalue weighted by molar-refractivity contribution is -0.120. The minimum atomic E-state index is -3.57. The van der Waals surface area contributed by atoms with Gasteiger partial charge in [-0.3, -0.25) is 9.10 Å². The van der Waals surface area contributed by atoms with Gasteiger partial charge in [-0.05, 0) is 62.1 Å². The van der Waals surface area contributed by atoms with Gasteiger partial charge < -0.3 is 5.32 Å². The largest absolute Gasteiger partial charge is 0.348 e. The van der Waals surface area contributed by atoms with Crippen LogP contribution in [0.4, 0.5) is 5.69 Å². The molecular weight excluding hydrogens is 348 g/mol. The van der Waals surface area contributed by atoms with Crippen LogP contribution in [0.1, 0.15) is 35.2 Å². The highest BCUT2D eigenvalue weighted by Gasteiger charge is 2.22. The lowest BCUT2D eigenvalue weighted by Gasteiger charge is -2.23. The molecule has 1 amide bonds. The third-order valence-corrected chi connectivity index (χ3v) is 5.53. The zero-order chi connectivity index (χ0) is 19.5. The Morgan fingerprint density at radius 3 is 2.35 bits per heavy atom. The van der Waals surface area contributed by atoms with Crippen molar-refractivity contribution in [3.8, 4) is 0 Å². The number of aryl methyl sites for hydroxylation is 3. The Balaban J connectivity index is 2.15. The lowest BCUT2D eigenvalue weighted by atomic mass is 10.0. The Morgan fingerprint density at radius 1 is 1.08 bits per heavy atom. The summed E-state index contributed by atoms with van der Waals surface area (Å²) >= 11 is 0. The summed E-state index contributed by atoms with van der Waals surface area (Å²) in [6.45, 7) is 7.58. The summed E-state index contributed by atoms with van der Waals surface area (Å²) in [5, 5.41) is 2.88. The normalized spacial score (nSPS) is 12.5. The van der Waals surface area contributed by atoms with Gasteiger partial charge in [-0.25, -0.2) is 8.42 Å². The van der Waals surface area contributed by atoms with E-state index in [2.05, 4.69) is 5.32 Å². The number of anilines is 1. The van der Waals surface area contributed by atoms with Crippen LogP contribution in [-0.4, -0.2) is 27.1 Å². The quantitative estimate of drug-likeness (QED) is 0.844. The zero-order valence-corrected chi connectivity index (χ0v) is 16.7. The van der Waals surface area contributed by atoms with E-state index in [4.69, 9.17) is 0 Å². The van der Waals surface area contributed by atoms with Gasteiger partial charge in [0.2, 0.25) is 15.9 Å². The molecule has 0 saturated heterocycles. The van der Waals surface area contributed by atoms with Crippen molar-refractivity contribution < 1.29 is 13.2 Å². The second-order valence-corrected chi connectivity index (χ2v) is 8.65. The molecule has 2 aromatic rings. The minimum Gasteiger partial charge on any atom is -0.348 e. The summed E-state index contributed by atoms with van der Waals surface area (Å²) in [6.07, 6.45) is 1.11. The number of hydrogen-bond acceptors (Lipinski definition) is 3. The first kappa shape index (κ1) is 20.0. The molecule has 26 heavy (non-hydrogen) atoms. The first-order valence-electron chi connectivity index (χ1n) is 8.49. The van der Waals surface area contributed by atoms with E-state index in [1.807, 2.05) is 52.0 Å². The first-order chi connectivity index (χ1) is 12.1. The van der Waals surface area contributed by atoms with E-state index < -0.39 is 10.0 Å². The van der Waals surface area contributed by atoms with Crippen molar-refractivity contribution >= 4 is 21.6 Å². The van der Waals surface area contributed by atoms with Crippen LogP contribution in [0.3, 0.4) is 0 Å². The summed E-state index contributed by atoms with van der Waals surface area (Å²) in [4.78, 5) is 12.5. The third kappa shape index (κ3) is 5.08. The molecule has 0 spiro atoms. The van der Waals surface area contributed by atoms with E-state index in [-0.39, 0.29) is 18.5 Å². The molecular formula is C20H26N2O3S. The second kappa shape index (κ2) is 7.91. The highest BCUT2D eigenvalue weighted by molar-refractivity contribution is 7.92. The summed E-state index contributed by atoms with van der Waals surface area (Å²) in [5.74, 6) is -0.345. The van der Waals surface area contributed by atoms with Crippen LogP contribution in [0.2, 0.25) is 0 Å². The fourth-order valence-electron chi connectivity index (χ4n) is 2.72. The van der Waals surface area contributed by atoms with Crippen LogP contribution < -0.4 is 9.62 Å². The fraction of sp³-hybridized carbons (Fsp3) is 0.350. The molecule has 1 N–H and O–H groups in total. The highest BCUT2D eigenvalue weighted by atomic mass is 32.2. The summed E-state index contributed by atoms with van der Waals surface area (Å²) in [6, 6.07) is 12.9. The predicted molar refractivity (Wildman–Crippen MR) is 106 cm³/mol. The molecule has 0 aromatic heterocycles. The summed E-state index contributed by atoms with van der Waals surface area (Å²) < 4.78 is 25.5. The molecule has 5 nitrogen and oxygen atoms in total. The van der Waals surface area contributed by atoms with Gasteiger partial charge in [0.1, 0.15) is 6.54 Å². The molecule has 0 bridgehead atoms. The standard InChI is InChI=1S/C20H26N2O3S/c1-14-7-6-8-19(11-14)22(26(5,24)25)13-20(23)21-17(4)18-10-9-15(2)16(3)12-18/h6-12,17H,13H2,1-5H3,(H,21,23)/t17-/m1/s1. The highest BCUT2D eigenvalue weighted by Crippen LogP contribution is 2.20. The van der Waals surface area contributed by atoms with Crippen molar-refractivity contribution in [2.24, 2.45) is 0 Å². The molecule has 140 valence electrons. The first-order valence-corrected chi connectivity index (χ1v) is 10.3. The Hall–Kier alpha value is -2.34. The van der Waals surface area contributed by atoms with Gasteiger partial charge in [0.05, 0.1) is 18.0 Å². The van der Waals surface area contributed by atoms with Crippen LogP contribution in [0, 0.1) is 20.8 Å². The average molecular weight is 375 g/mol. The van der Waals surface area contributed by atoms with Gasteiger partial charge in [0.15, 0.2) is 0 Å². The monoisotopic (exact) mass is 374 g/mol. The molecule has 0 radical (unpaired) electrons. The van der Waals surface area contributed by atoms with Crippen LogP contribution in [0.5, 0.6) is 0 Å². The molecule has 0 saturated carbocycles. The number of amides is 1. The summed E-state index contributed by atoms with van der Waals surface area (Å²) in [7, 11) is -3.57. The van der Waals surface area contributed by atoms with Crippen LogP contribution in [-0.2, 0) is 14.8 Å². The Labute approximate surface area is 156 Å². The Morgan fingerprint density at radius 2 is 1.77 bits per heavy atom. The molecule has 0 aliphatic heterocycles. The van der Waals surface area contributed by atoms with Gasteiger partial charge in [-0.1, -0.05) is 30.3 Å². The van der Waals surface area contributed by atoms with Gasteiger partial charge in [0.25, 0.3) is 0 Å². The van der Waals surface area contributed by atoms with Crippen LogP contribution >= 0.6 is 0 Å². The van der Waals surface area contributed by atoms with E-state index in [1.165, 1.54) is 5.56 Å². The number of carbonyl (C=O) groups excluding carboxylic acids is 1. The van der Waals surface area contributed by atoms with Gasteiger partial charge in [0, 0.05) is 0 Å². The van der Waals surface area contributed by atoms with E-state index in [0.717, 1.165) is 27.3 Å². The van der Waals surface area contributed by atoms with E-state index in [9.17, 15) is 13.2 Å². The molecule has 2 aromatic carbocycles. The van der Waals surface area contributed by atoms with Crippen molar-refractivity contribution in [1.29, 1.82) is 0 Å². The number of sulfonamides is 1. The fourth-order valence-corrected chi connectivity index (χ4v) is 3.57. The minimum absolute atomic E-state index is 0.208. The SMILES string of the molecule is Cc1cccc(N(CC(=O)N[C@H](C)c2ccc(C)c(C)c2)S(C)(=O)=O)c1. The van der Waals surface area contributed by atoms with Gasteiger partial charge >= 0.3 is 0 Å². The van der Waals surface area contributed by atoms with Crippen molar-refractivity contribution in [2.45, 2.75) is 33.7 Å². The lowest BCUT2D eigenvalue weighted by Crippen LogP contribution is -2.41. The van der Waals surface area contributed by atoms with Gasteiger partial charge in [-0.2, -0.15) is 0 Å². The third-order valence-electron chi connectivity index (χ3n) is 4.39. The van der Waals surface area contributed by atoms with E-state index in [1.54, 1.807) is 18.2 Å². The number of rotatable bonds is 6. The molecule has 0 unspecified atom stereocenters. The zero-order valence-electron chi connectivity index (χ0n) is 15.9. The summed E-state index contributed by atoms with van der Waals surface area (Å²) in [5.41, 5.74) is 4.75. The topological polar surface area (TPSA) is 66.5 Å². The van der Waals surface area contributed by atoms with Crippen LogP contribution in [0.15, 0.2) is 42.5 Å². The maximum atomic E-state index is 12.5. The molecule has 1 atom stereocenters. The molecule has 0 aliphatic carbocycles. The number of hydrogen-bond donors (Lipinski definition) is 1. The molecule has 0 aliphatic rings. The predicted octanol–water partition coefficient (Wildman–Crippen LogP) is 3.26. The Bertz CT molecular complexity index is 907. The molecule has 6 heteroatoms. The maximum absolute atomic E-state index is 12.5. The molecule has 2 rings (SSSR count). The van der Waals surface area contributed by atoms with Crippen molar-refractivity contribution in [2.75, 3.05) is 17.1 Å². The molecule has 0 heterocycles. The number of benzene rings is 2. The number of nitrogens with zero attached hydrogens (tertiary/aromatic N) is 1. The number of nitrogens with one attached hydrogen (secondary N) is 1. The maximum Gasteiger partial charge on any atom is 0.241 e. The van der Waals surface area contributed by atoms with Crippen molar-refractivity contribution in [1.82, 2.24) is 5.32 Å². The average Bonchev–Trinajstić information content (AvgIpc) is 2.54. The second-order valence-electron chi connectivity index (χ2n) is 6.74. The molecule has 0 fully saturated rings. The number of carbonyl (C=O) groups is 1. The van der Waals surface area contributed by atoms with E-state index >= 15 is 0 Å². The van der Waals surface area contributed by atoms with Crippen molar-refractivity contribution in [3.05, 3.63) is 64.7 Å². The Kier molecular flexibility index (Phi) is 6.08. The smallest absolute Gasteiger partial charge is 0.241 e. The van der Waals surface area contributed by atoms with E-state index in [0.29, 0.717) is 5.69 Å². The van der Waals surface area contributed by atoms with Crippen molar-refractivity contribution in [3.63, 3.8) is 0 Å². The van der Waals surface area contributed by atoms with Crippen LogP contribution in [0.25, 0.3) is 0 Å². The van der Waals surface area contributed by atoms with Gasteiger partial charge in [-0.15, -0.1) is 0 Å².